The molecule has 0 unspecified atom stereocenters. The summed E-state index contributed by atoms with van der Waals surface area (Å²) in [6.45, 7) is 3.77. The molecule has 0 atom stereocenters. The van der Waals surface area contributed by atoms with Crippen LogP contribution in [0.15, 0.2) is 24.3 Å². The van der Waals surface area contributed by atoms with Crippen LogP contribution < -0.4 is 15.4 Å². The lowest BCUT2D eigenvalue weighted by Crippen LogP contribution is -2.29. The van der Waals surface area contributed by atoms with Gasteiger partial charge < -0.3 is 15.4 Å². The van der Waals surface area contributed by atoms with Gasteiger partial charge in [0.2, 0.25) is 0 Å². The van der Waals surface area contributed by atoms with E-state index in [-0.39, 0.29) is 0 Å². The highest BCUT2D eigenvalue weighted by Crippen LogP contribution is 2.22. The van der Waals surface area contributed by atoms with Gasteiger partial charge in [0.25, 0.3) is 0 Å². The number of nitrogens with two attached hydrogens (primary N) is 1. The molecule has 1 saturated heterocycles. The van der Waals surface area contributed by atoms with E-state index < -0.39 is 0 Å². The van der Waals surface area contributed by atoms with E-state index in [0.29, 0.717) is 13.2 Å². The largest absolute Gasteiger partial charge is 0.494 e. The Labute approximate surface area is 104 Å². The fourth-order valence-corrected chi connectivity index (χ4v) is 2.18. The van der Waals surface area contributed by atoms with E-state index in [1.165, 1.54) is 38.0 Å². The van der Waals surface area contributed by atoms with Crippen molar-refractivity contribution >= 4 is 5.69 Å². The van der Waals surface area contributed by atoms with Gasteiger partial charge in [-0.05, 0) is 56.5 Å². The molecule has 17 heavy (non-hydrogen) atoms. The molecule has 2 N–H and O–H groups in total. The Bertz CT molecular complexity index is 317. The first-order chi connectivity index (χ1) is 8.40. The lowest BCUT2D eigenvalue weighted by atomic mass is 10.1. The summed E-state index contributed by atoms with van der Waals surface area (Å²) < 4.78 is 5.59. The number of anilines is 1. The zero-order chi connectivity index (χ0) is 11.9. The van der Waals surface area contributed by atoms with Crippen molar-refractivity contribution in [3.05, 3.63) is 24.3 Å². The maximum Gasteiger partial charge on any atom is 0.119 e. The maximum absolute atomic E-state index is 5.59. The van der Waals surface area contributed by atoms with Gasteiger partial charge in [0.15, 0.2) is 0 Å². The summed E-state index contributed by atoms with van der Waals surface area (Å²) in [5.74, 6) is 0.944. The van der Waals surface area contributed by atoms with Crippen molar-refractivity contribution in [1.29, 1.82) is 0 Å². The molecule has 0 amide bonds. The van der Waals surface area contributed by atoms with E-state index in [0.717, 1.165) is 12.2 Å². The van der Waals surface area contributed by atoms with E-state index in [2.05, 4.69) is 29.2 Å². The first-order valence-electron chi connectivity index (χ1n) is 6.58. The lowest BCUT2D eigenvalue weighted by molar-refractivity contribution is 0.313. The minimum absolute atomic E-state index is 0.686. The Balaban J connectivity index is 1.88. The van der Waals surface area contributed by atoms with Crippen LogP contribution in [0.3, 0.4) is 0 Å². The fraction of sp³-hybridized carbons (Fsp3) is 0.571. The molecule has 1 aromatic carbocycles. The van der Waals surface area contributed by atoms with Gasteiger partial charge in [0, 0.05) is 18.8 Å². The monoisotopic (exact) mass is 234 g/mol. The van der Waals surface area contributed by atoms with Crippen molar-refractivity contribution in [2.75, 3.05) is 31.1 Å². The predicted molar refractivity (Wildman–Crippen MR) is 71.7 cm³/mol. The van der Waals surface area contributed by atoms with Gasteiger partial charge in [-0.2, -0.15) is 0 Å². The summed E-state index contributed by atoms with van der Waals surface area (Å²) in [5, 5.41) is 0. The van der Waals surface area contributed by atoms with Crippen molar-refractivity contribution in [3.63, 3.8) is 0 Å². The number of hydrogen-bond acceptors (Lipinski definition) is 3. The van der Waals surface area contributed by atoms with Gasteiger partial charge in [-0.1, -0.05) is 0 Å². The highest BCUT2D eigenvalue weighted by Gasteiger charge is 2.10. The highest BCUT2D eigenvalue weighted by atomic mass is 16.5. The number of nitrogens with zero attached hydrogens (tertiary/aromatic N) is 1. The molecule has 0 spiro atoms. The van der Waals surface area contributed by atoms with Crippen molar-refractivity contribution in [1.82, 2.24) is 0 Å². The fourth-order valence-electron chi connectivity index (χ4n) is 2.18. The van der Waals surface area contributed by atoms with Crippen LogP contribution in [0.4, 0.5) is 5.69 Å². The minimum atomic E-state index is 0.686. The van der Waals surface area contributed by atoms with E-state index >= 15 is 0 Å². The van der Waals surface area contributed by atoms with E-state index in [4.69, 9.17) is 10.5 Å². The lowest BCUT2D eigenvalue weighted by Gasteiger charge is -2.28. The van der Waals surface area contributed by atoms with Gasteiger partial charge in [0.1, 0.15) is 5.75 Å². The molecule has 0 bridgehead atoms. The van der Waals surface area contributed by atoms with E-state index in [1.807, 2.05) is 0 Å². The predicted octanol–water partition coefficient (Wildman–Crippen LogP) is 2.40. The van der Waals surface area contributed by atoms with E-state index in [9.17, 15) is 0 Å². The molecule has 94 valence electrons. The summed E-state index contributed by atoms with van der Waals surface area (Å²) >= 11 is 0. The van der Waals surface area contributed by atoms with Crippen molar-refractivity contribution in [2.24, 2.45) is 5.73 Å². The Kier molecular flexibility index (Phi) is 4.68. The molecule has 0 saturated carbocycles. The molecular formula is C14H22N2O. The van der Waals surface area contributed by atoms with Crippen molar-refractivity contribution in [2.45, 2.75) is 25.7 Å². The summed E-state index contributed by atoms with van der Waals surface area (Å²) in [6.07, 6.45) is 4.91. The second-order valence-electron chi connectivity index (χ2n) is 4.53. The number of rotatable bonds is 5. The molecule has 2 rings (SSSR count). The van der Waals surface area contributed by atoms with Gasteiger partial charge in [-0.25, -0.2) is 0 Å². The van der Waals surface area contributed by atoms with Gasteiger partial charge in [0.05, 0.1) is 6.61 Å². The quantitative estimate of drug-likeness (QED) is 0.795. The van der Waals surface area contributed by atoms with Gasteiger partial charge >= 0.3 is 0 Å². The van der Waals surface area contributed by atoms with Crippen LogP contribution >= 0.6 is 0 Å². The Morgan fingerprint density at radius 1 is 1.06 bits per heavy atom. The molecule has 0 aliphatic carbocycles. The Morgan fingerprint density at radius 3 is 2.41 bits per heavy atom. The molecule has 0 aromatic heterocycles. The highest BCUT2D eigenvalue weighted by molar-refractivity contribution is 5.49. The van der Waals surface area contributed by atoms with Crippen LogP contribution in [-0.2, 0) is 0 Å². The Hall–Kier alpha value is -1.22. The SMILES string of the molecule is NCCCOc1ccc(N2CCCCC2)cc1. The van der Waals surface area contributed by atoms with Gasteiger partial charge in [-0.15, -0.1) is 0 Å². The average molecular weight is 234 g/mol. The molecule has 1 heterocycles. The number of piperidine rings is 1. The number of ether oxygens (including phenoxy) is 1. The molecule has 1 fully saturated rings. The van der Waals surface area contributed by atoms with Crippen LogP contribution in [0, 0.1) is 0 Å². The normalized spacial score (nSPS) is 15.9. The molecular weight excluding hydrogens is 212 g/mol. The zero-order valence-electron chi connectivity index (χ0n) is 10.4. The third-order valence-electron chi connectivity index (χ3n) is 3.18. The average Bonchev–Trinajstić information content (AvgIpc) is 2.41. The van der Waals surface area contributed by atoms with Crippen LogP contribution in [0.25, 0.3) is 0 Å². The maximum atomic E-state index is 5.59. The van der Waals surface area contributed by atoms with Crippen LogP contribution in [0.2, 0.25) is 0 Å². The minimum Gasteiger partial charge on any atom is -0.494 e. The molecule has 1 aromatic rings. The van der Waals surface area contributed by atoms with Crippen LogP contribution in [-0.4, -0.2) is 26.2 Å². The molecule has 3 heteroatoms. The third kappa shape index (κ3) is 3.63. The summed E-state index contributed by atoms with van der Waals surface area (Å²) in [5.41, 5.74) is 6.74. The zero-order valence-corrected chi connectivity index (χ0v) is 10.4. The molecule has 3 nitrogen and oxygen atoms in total. The van der Waals surface area contributed by atoms with Crippen molar-refractivity contribution in [3.8, 4) is 5.75 Å². The second-order valence-corrected chi connectivity index (χ2v) is 4.53. The smallest absolute Gasteiger partial charge is 0.119 e. The standard InChI is InChI=1S/C14H22N2O/c15-9-4-12-17-14-7-5-13(6-8-14)16-10-2-1-3-11-16/h5-8H,1-4,9-12,15H2. The topological polar surface area (TPSA) is 38.5 Å². The second kappa shape index (κ2) is 6.50. The molecule has 0 radical (unpaired) electrons. The first kappa shape index (κ1) is 12.2. The summed E-state index contributed by atoms with van der Waals surface area (Å²) in [4.78, 5) is 2.45. The van der Waals surface area contributed by atoms with Crippen molar-refractivity contribution < 1.29 is 4.74 Å². The summed E-state index contributed by atoms with van der Waals surface area (Å²) in [7, 11) is 0. The summed E-state index contributed by atoms with van der Waals surface area (Å²) in [6, 6.07) is 8.42. The van der Waals surface area contributed by atoms with Gasteiger partial charge in [-0.3, -0.25) is 0 Å². The molecule has 1 aliphatic rings. The number of benzene rings is 1. The Morgan fingerprint density at radius 2 is 1.76 bits per heavy atom. The number of hydrogen-bond donors (Lipinski definition) is 1. The molecule has 1 aliphatic heterocycles. The van der Waals surface area contributed by atoms with Crippen LogP contribution in [0.1, 0.15) is 25.7 Å². The van der Waals surface area contributed by atoms with Crippen LogP contribution in [0.5, 0.6) is 5.75 Å². The first-order valence-corrected chi connectivity index (χ1v) is 6.58. The third-order valence-corrected chi connectivity index (χ3v) is 3.18. The van der Waals surface area contributed by atoms with E-state index in [1.54, 1.807) is 0 Å².